The van der Waals surface area contributed by atoms with Crippen LogP contribution in [0.1, 0.15) is 23.5 Å². The van der Waals surface area contributed by atoms with Crippen LogP contribution in [0.2, 0.25) is 0 Å². The zero-order chi connectivity index (χ0) is 14.8. The summed E-state index contributed by atoms with van der Waals surface area (Å²) in [6, 6.07) is 12.0. The molecule has 1 N–H and O–H groups in total. The molecule has 0 spiro atoms. The average Bonchev–Trinajstić information content (AvgIpc) is 3.16. The van der Waals surface area contributed by atoms with Gasteiger partial charge in [0.1, 0.15) is 0 Å². The van der Waals surface area contributed by atoms with Crippen LogP contribution in [0.25, 0.3) is 10.9 Å². The van der Waals surface area contributed by atoms with Crippen LogP contribution in [0.3, 0.4) is 0 Å². The topological polar surface area (TPSA) is 49.0 Å². The Kier molecular flexibility index (Phi) is 3.75. The highest BCUT2D eigenvalue weighted by atomic mass is 32.1. The van der Waals surface area contributed by atoms with Gasteiger partial charge in [0.25, 0.3) is 0 Å². The standard InChI is InChI=1S/C16H17N3OS/c1-11(15-8-5-9-21-15)19(2)16(20)10-14-12-6-3-4-7-13(12)17-18-14/h3-9,11H,10H2,1-2H3,(H,17,18). The number of aromatic nitrogens is 2. The first-order valence-corrected chi connectivity index (χ1v) is 7.76. The van der Waals surface area contributed by atoms with Crippen molar-refractivity contribution in [1.82, 2.24) is 15.1 Å². The smallest absolute Gasteiger partial charge is 0.228 e. The van der Waals surface area contributed by atoms with Crippen molar-refractivity contribution >= 4 is 28.1 Å². The molecule has 3 rings (SSSR count). The molecule has 0 aliphatic heterocycles. The number of nitrogens with one attached hydrogen (secondary N) is 1. The number of hydrogen-bond acceptors (Lipinski definition) is 3. The molecule has 0 aliphatic carbocycles. The highest BCUT2D eigenvalue weighted by Gasteiger charge is 2.19. The van der Waals surface area contributed by atoms with E-state index >= 15 is 0 Å². The van der Waals surface area contributed by atoms with E-state index in [1.807, 2.05) is 42.8 Å². The maximum absolute atomic E-state index is 12.5. The molecule has 4 nitrogen and oxygen atoms in total. The Morgan fingerprint density at radius 2 is 2.14 bits per heavy atom. The first-order valence-electron chi connectivity index (χ1n) is 6.88. The van der Waals surface area contributed by atoms with Crippen LogP contribution in [-0.2, 0) is 11.2 Å². The second kappa shape index (κ2) is 5.69. The summed E-state index contributed by atoms with van der Waals surface area (Å²) >= 11 is 1.67. The largest absolute Gasteiger partial charge is 0.338 e. The Morgan fingerprint density at radius 3 is 2.90 bits per heavy atom. The van der Waals surface area contributed by atoms with Crippen LogP contribution < -0.4 is 0 Å². The molecule has 0 radical (unpaired) electrons. The van der Waals surface area contributed by atoms with E-state index in [0.29, 0.717) is 6.42 Å². The Hall–Kier alpha value is -2.14. The van der Waals surface area contributed by atoms with Crippen LogP contribution in [0.15, 0.2) is 41.8 Å². The predicted molar refractivity (Wildman–Crippen MR) is 85.3 cm³/mol. The summed E-state index contributed by atoms with van der Waals surface area (Å²) in [7, 11) is 1.85. The minimum atomic E-state index is 0.0882. The maximum atomic E-state index is 12.5. The van der Waals surface area contributed by atoms with E-state index in [1.165, 1.54) is 4.88 Å². The number of aromatic amines is 1. The number of fused-ring (bicyclic) bond motifs is 1. The lowest BCUT2D eigenvalue weighted by Gasteiger charge is -2.24. The molecule has 5 heteroatoms. The van der Waals surface area contributed by atoms with Crippen molar-refractivity contribution in [1.29, 1.82) is 0 Å². The first kappa shape index (κ1) is 13.8. The van der Waals surface area contributed by atoms with Crippen molar-refractivity contribution in [3.8, 4) is 0 Å². The van der Waals surface area contributed by atoms with E-state index < -0.39 is 0 Å². The molecule has 21 heavy (non-hydrogen) atoms. The molecule has 2 heterocycles. The fourth-order valence-electron chi connectivity index (χ4n) is 2.36. The normalized spacial score (nSPS) is 12.5. The number of amides is 1. The van der Waals surface area contributed by atoms with Crippen molar-refractivity contribution in [3.05, 3.63) is 52.3 Å². The molecule has 1 aromatic carbocycles. The SMILES string of the molecule is CC(c1cccs1)N(C)C(=O)Cc1[nH]nc2ccccc12. The molecule has 1 amide bonds. The number of thiophene rings is 1. The molecule has 0 aliphatic rings. The van der Waals surface area contributed by atoms with Gasteiger partial charge in [0.05, 0.1) is 23.7 Å². The van der Waals surface area contributed by atoms with E-state index in [9.17, 15) is 4.79 Å². The van der Waals surface area contributed by atoms with Gasteiger partial charge in [-0.15, -0.1) is 11.3 Å². The molecular weight excluding hydrogens is 282 g/mol. The summed E-state index contributed by atoms with van der Waals surface area (Å²) in [5.74, 6) is 0.0882. The minimum Gasteiger partial charge on any atom is -0.338 e. The fraction of sp³-hybridized carbons (Fsp3) is 0.250. The second-order valence-electron chi connectivity index (χ2n) is 5.09. The van der Waals surface area contributed by atoms with Gasteiger partial charge in [-0.1, -0.05) is 24.3 Å². The Morgan fingerprint density at radius 1 is 1.33 bits per heavy atom. The van der Waals surface area contributed by atoms with Gasteiger partial charge in [0, 0.05) is 17.3 Å². The van der Waals surface area contributed by atoms with Gasteiger partial charge in [-0.2, -0.15) is 5.10 Å². The summed E-state index contributed by atoms with van der Waals surface area (Å²) in [5.41, 5.74) is 1.77. The van der Waals surface area contributed by atoms with Gasteiger partial charge < -0.3 is 4.90 Å². The minimum absolute atomic E-state index is 0.0882. The molecule has 0 saturated heterocycles. The third-order valence-corrected chi connectivity index (χ3v) is 4.84. The zero-order valence-corrected chi connectivity index (χ0v) is 12.9. The molecule has 2 aromatic heterocycles. The van der Waals surface area contributed by atoms with Crippen molar-refractivity contribution in [2.75, 3.05) is 7.05 Å². The van der Waals surface area contributed by atoms with Gasteiger partial charge in [-0.25, -0.2) is 0 Å². The Labute approximate surface area is 127 Å². The number of carbonyl (C=O) groups is 1. The third kappa shape index (κ3) is 2.69. The third-order valence-electron chi connectivity index (χ3n) is 3.80. The highest BCUT2D eigenvalue weighted by Crippen LogP contribution is 2.24. The van der Waals surface area contributed by atoms with Crippen LogP contribution in [0, 0.1) is 0 Å². The summed E-state index contributed by atoms with van der Waals surface area (Å²) < 4.78 is 0. The van der Waals surface area contributed by atoms with Gasteiger partial charge in [0.15, 0.2) is 0 Å². The first-order chi connectivity index (χ1) is 10.2. The number of para-hydroxylation sites is 1. The van der Waals surface area contributed by atoms with Crippen molar-refractivity contribution < 1.29 is 4.79 Å². The summed E-state index contributed by atoms with van der Waals surface area (Å²) in [6.45, 7) is 2.05. The van der Waals surface area contributed by atoms with Crippen LogP contribution in [0.4, 0.5) is 0 Å². The molecule has 0 saturated carbocycles. The number of hydrogen-bond donors (Lipinski definition) is 1. The van der Waals surface area contributed by atoms with E-state index in [-0.39, 0.29) is 11.9 Å². The maximum Gasteiger partial charge on any atom is 0.228 e. The lowest BCUT2D eigenvalue weighted by atomic mass is 10.1. The number of likely N-dealkylation sites (N-methyl/N-ethyl adjacent to an activating group) is 1. The van der Waals surface area contributed by atoms with Gasteiger partial charge in [-0.05, 0) is 24.4 Å². The predicted octanol–water partition coefficient (Wildman–Crippen LogP) is 3.39. The van der Waals surface area contributed by atoms with Crippen LogP contribution in [-0.4, -0.2) is 28.1 Å². The van der Waals surface area contributed by atoms with Gasteiger partial charge >= 0.3 is 0 Å². The average molecular weight is 299 g/mol. The van der Waals surface area contributed by atoms with Crippen molar-refractivity contribution in [2.45, 2.75) is 19.4 Å². The molecular formula is C16H17N3OS. The molecule has 0 fully saturated rings. The fourth-order valence-corrected chi connectivity index (χ4v) is 3.19. The number of benzene rings is 1. The summed E-state index contributed by atoms with van der Waals surface area (Å²) in [5, 5.41) is 10.3. The van der Waals surface area contributed by atoms with E-state index in [4.69, 9.17) is 0 Å². The van der Waals surface area contributed by atoms with Crippen LogP contribution in [0.5, 0.6) is 0 Å². The quantitative estimate of drug-likeness (QED) is 0.803. The molecule has 3 aromatic rings. The number of carbonyl (C=O) groups excluding carboxylic acids is 1. The number of H-pyrrole nitrogens is 1. The van der Waals surface area contributed by atoms with Crippen LogP contribution >= 0.6 is 11.3 Å². The molecule has 108 valence electrons. The summed E-state index contributed by atoms with van der Waals surface area (Å²) in [4.78, 5) is 15.5. The molecule has 0 bridgehead atoms. The highest BCUT2D eigenvalue weighted by molar-refractivity contribution is 7.10. The summed E-state index contributed by atoms with van der Waals surface area (Å²) in [6.07, 6.45) is 0.340. The monoisotopic (exact) mass is 299 g/mol. The lowest BCUT2D eigenvalue weighted by molar-refractivity contribution is -0.131. The van der Waals surface area contributed by atoms with Crippen molar-refractivity contribution in [2.24, 2.45) is 0 Å². The van der Waals surface area contributed by atoms with Crippen molar-refractivity contribution in [3.63, 3.8) is 0 Å². The molecule has 1 atom stereocenters. The lowest BCUT2D eigenvalue weighted by Crippen LogP contribution is -2.30. The van der Waals surface area contributed by atoms with E-state index in [2.05, 4.69) is 23.2 Å². The Bertz CT molecular complexity index is 748. The number of nitrogens with zero attached hydrogens (tertiary/aromatic N) is 2. The van der Waals surface area contributed by atoms with E-state index in [1.54, 1.807) is 16.2 Å². The zero-order valence-electron chi connectivity index (χ0n) is 12.0. The van der Waals surface area contributed by atoms with Gasteiger partial charge in [0.2, 0.25) is 5.91 Å². The van der Waals surface area contributed by atoms with E-state index in [0.717, 1.165) is 16.6 Å². The Balaban J connectivity index is 1.77. The molecule has 1 unspecified atom stereocenters. The van der Waals surface area contributed by atoms with Gasteiger partial charge in [-0.3, -0.25) is 9.89 Å². The number of rotatable bonds is 4. The second-order valence-corrected chi connectivity index (χ2v) is 6.07.